The van der Waals surface area contributed by atoms with Crippen molar-refractivity contribution in [1.82, 2.24) is 4.72 Å². The van der Waals surface area contributed by atoms with E-state index in [1.807, 2.05) is 0 Å². The van der Waals surface area contributed by atoms with Crippen molar-refractivity contribution in [3.05, 3.63) is 59.9 Å². The highest BCUT2D eigenvalue weighted by Crippen LogP contribution is 2.20. The number of halogens is 1. The molecule has 0 saturated heterocycles. The Morgan fingerprint density at radius 3 is 2.35 bits per heavy atom. The molecule has 0 radical (unpaired) electrons. The van der Waals surface area contributed by atoms with Crippen molar-refractivity contribution >= 4 is 10.0 Å². The van der Waals surface area contributed by atoms with Gasteiger partial charge < -0.3 is 5.11 Å². The van der Waals surface area contributed by atoms with Gasteiger partial charge in [-0.3, -0.25) is 0 Å². The van der Waals surface area contributed by atoms with Crippen molar-refractivity contribution in [2.75, 3.05) is 6.54 Å². The normalized spacial score (nSPS) is 11.4. The molecule has 0 aliphatic heterocycles. The lowest BCUT2D eigenvalue weighted by Crippen LogP contribution is -2.26. The summed E-state index contributed by atoms with van der Waals surface area (Å²) in [5.41, 5.74) is 0.825. The highest BCUT2D eigenvalue weighted by Gasteiger charge is 2.17. The van der Waals surface area contributed by atoms with E-state index in [9.17, 15) is 17.9 Å². The number of rotatable bonds is 5. The predicted octanol–water partition coefficient (Wildman–Crippen LogP) is 2.05. The minimum atomic E-state index is -3.74. The van der Waals surface area contributed by atoms with Gasteiger partial charge in [0.2, 0.25) is 10.0 Å². The van der Waals surface area contributed by atoms with Crippen LogP contribution in [0.15, 0.2) is 53.4 Å². The zero-order valence-electron chi connectivity index (χ0n) is 10.6. The van der Waals surface area contributed by atoms with E-state index in [-0.39, 0.29) is 23.0 Å². The molecule has 20 heavy (non-hydrogen) atoms. The predicted molar refractivity (Wildman–Crippen MR) is 73.4 cm³/mol. The van der Waals surface area contributed by atoms with E-state index in [0.717, 1.165) is 5.56 Å². The van der Waals surface area contributed by atoms with Crippen molar-refractivity contribution in [3.63, 3.8) is 0 Å². The average Bonchev–Trinajstić information content (AvgIpc) is 2.41. The molecule has 0 bridgehead atoms. The molecule has 0 atom stereocenters. The highest BCUT2D eigenvalue weighted by atomic mass is 32.2. The number of nitrogens with one attached hydrogen (secondary N) is 1. The highest BCUT2D eigenvalue weighted by molar-refractivity contribution is 7.89. The zero-order chi connectivity index (χ0) is 14.6. The van der Waals surface area contributed by atoms with Gasteiger partial charge in [0.15, 0.2) is 0 Å². The molecule has 0 aromatic heterocycles. The summed E-state index contributed by atoms with van der Waals surface area (Å²) in [6.45, 7) is 0.169. The molecular formula is C14H14FNO3S. The van der Waals surface area contributed by atoms with Gasteiger partial charge in [-0.2, -0.15) is 0 Å². The van der Waals surface area contributed by atoms with Gasteiger partial charge in [-0.05, 0) is 36.2 Å². The summed E-state index contributed by atoms with van der Waals surface area (Å²) in [4.78, 5) is -0.154. The molecule has 2 N–H and O–H groups in total. The second-order valence-electron chi connectivity index (χ2n) is 4.24. The average molecular weight is 295 g/mol. The van der Waals surface area contributed by atoms with Crippen molar-refractivity contribution in [3.8, 4) is 5.75 Å². The zero-order valence-corrected chi connectivity index (χ0v) is 11.4. The SMILES string of the molecule is O=S(=O)(NCCc1ccc(F)cc1)c1ccccc1O. The van der Waals surface area contributed by atoms with Gasteiger partial charge >= 0.3 is 0 Å². The molecule has 0 spiro atoms. The Kier molecular flexibility index (Phi) is 4.36. The molecule has 106 valence electrons. The van der Waals surface area contributed by atoms with Crippen LogP contribution in [-0.4, -0.2) is 20.1 Å². The van der Waals surface area contributed by atoms with Crippen LogP contribution >= 0.6 is 0 Å². The fourth-order valence-corrected chi connectivity index (χ4v) is 2.87. The summed E-state index contributed by atoms with van der Waals surface area (Å²) in [7, 11) is -3.74. The summed E-state index contributed by atoms with van der Waals surface area (Å²) in [6.07, 6.45) is 0.438. The molecule has 0 fully saturated rings. The number of hydrogen-bond acceptors (Lipinski definition) is 3. The maximum Gasteiger partial charge on any atom is 0.244 e. The fraction of sp³-hybridized carbons (Fsp3) is 0.143. The number of sulfonamides is 1. The van der Waals surface area contributed by atoms with E-state index in [4.69, 9.17) is 0 Å². The van der Waals surface area contributed by atoms with Crippen LogP contribution in [0.1, 0.15) is 5.56 Å². The van der Waals surface area contributed by atoms with Gasteiger partial charge in [0, 0.05) is 6.54 Å². The van der Waals surface area contributed by atoms with Gasteiger partial charge in [-0.15, -0.1) is 0 Å². The summed E-state index contributed by atoms with van der Waals surface area (Å²) in [6, 6.07) is 11.6. The first-order valence-corrected chi connectivity index (χ1v) is 7.49. The largest absolute Gasteiger partial charge is 0.507 e. The smallest absolute Gasteiger partial charge is 0.244 e. The van der Waals surface area contributed by atoms with Gasteiger partial charge in [0.1, 0.15) is 16.5 Å². The van der Waals surface area contributed by atoms with Gasteiger partial charge in [-0.25, -0.2) is 17.5 Å². The quantitative estimate of drug-likeness (QED) is 0.887. The first-order chi connectivity index (χ1) is 9.49. The Morgan fingerprint density at radius 1 is 1.05 bits per heavy atom. The van der Waals surface area contributed by atoms with Crippen molar-refractivity contribution in [2.45, 2.75) is 11.3 Å². The van der Waals surface area contributed by atoms with E-state index in [1.54, 1.807) is 18.2 Å². The molecule has 0 unspecified atom stereocenters. The number of phenols is 1. The van der Waals surface area contributed by atoms with Crippen LogP contribution in [0, 0.1) is 5.82 Å². The van der Waals surface area contributed by atoms with Crippen LogP contribution in [0.5, 0.6) is 5.75 Å². The molecule has 4 nitrogen and oxygen atoms in total. The number of phenolic OH excluding ortho intramolecular Hbond substituents is 1. The molecule has 2 aromatic rings. The lowest BCUT2D eigenvalue weighted by molar-refractivity contribution is 0.458. The third kappa shape index (κ3) is 3.55. The molecular weight excluding hydrogens is 281 g/mol. The van der Waals surface area contributed by atoms with E-state index in [1.165, 1.54) is 30.3 Å². The first-order valence-electron chi connectivity index (χ1n) is 6.01. The van der Waals surface area contributed by atoms with Crippen molar-refractivity contribution in [1.29, 1.82) is 0 Å². The molecule has 0 saturated carbocycles. The van der Waals surface area contributed by atoms with Crippen LogP contribution in [-0.2, 0) is 16.4 Å². The number of hydrogen-bond donors (Lipinski definition) is 2. The van der Waals surface area contributed by atoms with Crippen molar-refractivity contribution in [2.24, 2.45) is 0 Å². The Morgan fingerprint density at radius 2 is 1.70 bits per heavy atom. The lowest BCUT2D eigenvalue weighted by atomic mass is 10.1. The monoisotopic (exact) mass is 295 g/mol. The van der Waals surface area contributed by atoms with Crippen LogP contribution in [0.3, 0.4) is 0 Å². The maximum atomic E-state index is 12.7. The van der Waals surface area contributed by atoms with Crippen LogP contribution in [0.2, 0.25) is 0 Å². The molecule has 0 heterocycles. The minimum absolute atomic E-state index is 0.154. The Hall–Kier alpha value is -1.92. The van der Waals surface area contributed by atoms with E-state index < -0.39 is 10.0 Å². The number of benzene rings is 2. The topological polar surface area (TPSA) is 66.4 Å². The summed E-state index contributed by atoms with van der Waals surface area (Å²) >= 11 is 0. The Labute approximate surface area is 116 Å². The molecule has 0 amide bonds. The molecule has 2 aromatic carbocycles. The second-order valence-corrected chi connectivity index (χ2v) is 5.98. The Balaban J connectivity index is 2.00. The summed E-state index contributed by atoms with van der Waals surface area (Å²) in [5.74, 6) is -0.620. The lowest BCUT2D eigenvalue weighted by Gasteiger charge is -2.08. The van der Waals surface area contributed by atoms with E-state index >= 15 is 0 Å². The van der Waals surface area contributed by atoms with E-state index in [2.05, 4.69) is 4.72 Å². The van der Waals surface area contributed by atoms with Gasteiger partial charge in [0.25, 0.3) is 0 Å². The van der Waals surface area contributed by atoms with Crippen molar-refractivity contribution < 1.29 is 17.9 Å². The summed E-state index contributed by atoms with van der Waals surface area (Å²) in [5, 5.41) is 9.53. The van der Waals surface area contributed by atoms with Gasteiger partial charge in [-0.1, -0.05) is 24.3 Å². The molecule has 0 aliphatic carbocycles. The van der Waals surface area contributed by atoms with Crippen LogP contribution in [0.4, 0.5) is 4.39 Å². The maximum absolute atomic E-state index is 12.7. The van der Waals surface area contributed by atoms with Crippen LogP contribution in [0.25, 0.3) is 0 Å². The Bertz CT molecular complexity index is 684. The first kappa shape index (κ1) is 14.5. The number of aromatic hydroxyl groups is 1. The molecule has 2 rings (SSSR count). The molecule has 6 heteroatoms. The molecule has 0 aliphatic rings. The fourth-order valence-electron chi connectivity index (χ4n) is 1.74. The standard InChI is InChI=1S/C14H14FNO3S/c15-12-7-5-11(6-8-12)9-10-16-20(18,19)14-4-2-1-3-13(14)17/h1-8,16-17H,9-10H2. The number of para-hydroxylation sites is 1. The minimum Gasteiger partial charge on any atom is -0.507 e. The van der Waals surface area contributed by atoms with Crippen LogP contribution < -0.4 is 4.72 Å². The second kappa shape index (κ2) is 6.02. The summed E-state index contributed by atoms with van der Waals surface area (Å²) < 4.78 is 39.1. The third-order valence-electron chi connectivity index (χ3n) is 2.77. The third-order valence-corrected chi connectivity index (χ3v) is 4.28. The van der Waals surface area contributed by atoms with Gasteiger partial charge in [0.05, 0.1) is 0 Å². The van der Waals surface area contributed by atoms with E-state index in [0.29, 0.717) is 6.42 Å².